The van der Waals surface area contributed by atoms with Crippen LogP contribution in [0.2, 0.25) is 0 Å². The fraction of sp³-hybridized carbons (Fsp3) is 0.520. The SMILES string of the molecule is CCS(=O)(=O)CC(=O)N1CCN(c2ccc(-c3ccc(N(O)CC(C)(C)C)c(NC)n3)cc2)CC1. The minimum Gasteiger partial charge on any atom is -0.371 e. The Morgan fingerprint density at radius 2 is 1.71 bits per heavy atom. The molecule has 0 spiro atoms. The molecule has 1 aromatic heterocycles. The second kappa shape index (κ2) is 10.8. The zero-order chi connectivity index (χ0) is 25.8. The van der Waals surface area contributed by atoms with E-state index >= 15 is 0 Å². The van der Waals surface area contributed by atoms with E-state index in [1.54, 1.807) is 18.9 Å². The Morgan fingerprint density at radius 1 is 1.09 bits per heavy atom. The van der Waals surface area contributed by atoms with Gasteiger partial charge in [-0.05, 0) is 29.7 Å². The van der Waals surface area contributed by atoms with E-state index in [4.69, 9.17) is 4.98 Å². The number of hydroxylamine groups is 1. The fourth-order valence-corrected chi connectivity index (χ4v) is 4.74. The third-order valence-electron chi connectivity index (χ3n) is 5.96. The number of benzene rings is 1. The summed E-state index contributed by atoms with van der Waals surface area (Å²) in [5, 5.41) is 14.8. The van der Waals surface area contributed by atoms with Gasteiger partial charge in [0, 0.05) is 50.2 Å². The van der Waals surface area contributed by atoms with Crippen LogP contribution in [0.3, 0.4) is 0 Å². The highest BCUT2D eigenvalue weighted by atomic mass is 32.2. The maximum Gasteiger partial charge on any atom is 0.237 e. The van der Waals surface area contributed by atoms with Gasteiger partial charge < -0.3 is 15.1 Å². The van der Waals surface area contributed by atoms with Crippen LogP contribution in [0, 0.1) is 5.41 Å². The summed E-state index contributed by atoms with van der Waals surface area (Å²) in [6.07, 6.45) is 0. The van der Waals surface area contributed by atoms with E-state index in [1.807, 2.05) is 36.4 Å². The zero-order valence-corrected chi connectivity index (χ0v) is 22.1. The first-order chi connectivity index (χ1) is 16.4. The van der Waals surface area contributed by atoms with Gasteiger partial charge in [0.25, 0.3) is 0 Å². The number of amides is 1. The van der Waals surface area contributed by atoms with Gasteiger partial charge in [-0.25, -0.2) is 13.4 Å². The van der Waals surface area contributed by atoms with E-state index in [1.165, 1.54) is 5.06 Å². The minimum atomic E-state index is -3.32. The maximum atomic E-state index is 12.3. The number of carbonyl (C=O) groups is 1. The van der Waals surface area contributed by atoms with Gasteiger partial charge in [0.15, 0.2) is 15.7 Å². The summed E-state index contributed by atoms with van der Waals surface area (Å²) in [7, 11) is -1.53. The van der Waals surface area contributed by atoms with E-state index in [0.717, 1.165) is 16.9 Å². The Labute approximate surface area is 208 Å². The molecule has 2 aromatic rings. The molecule has 9 nitrogen and oxygen atoms in total. The van der Waals surface area contributed by atoms with Gasteiger partial charge in [0.05, 0.1) is 12.2 Å². The van der Waals surface area contributed by atoms with Crippen molar-refractivity contribution in [1.29, 1.82) is 0 Å². The van der Waals surface area contributed by atoms with Crippen molar-refractivity contribution in [2.75, 3.05) is 66.6 Å². The van der Waals surface area contributed by atoms with Crippen LogP contribution in [-0.4, -0.2) is 80.7 Å². The second-order valence-corrected chi connectivity index (χ2v) is 12.4. The molecule has 3 rings (SSSR count). The number of hydrogen-bond donors (Lipinski definition) is 2. The third kappa shape index (κ3) is 7.08. The molecule has 1 aliphatic rings. The summed E-state index contributed by atoms with van der Waals surface area (Å²) < 4.78 is 23.5. The van der Waals surface area contributed by atoms with Crippen LogP contribution in [0.25, 0.3) is 11.3 Å². The Balaban J connectivity index is 1.66. The maximum absolute atomic E-state index is 12.3. The highest BCUT2D eigenvalue weighted by Gasteiger charge is 2.25. The summed E-state index contributed by atoms with van der Waals surface area (Å²) in [5.74, 6) is -0.152. The number of carbonyl (C=O) groups excluding carboxylic acids is 1. The van der Waals surface area contributed by atoms with Gasteiger partial charge in [-0.2, -0.15) is 0 Å². The first-order valence-electron chi connectivity index (χ1n) is 11.9. The molecule has 1 fully saturated rings. The van der Waals surface area contributed by atoms with Gasteiger partial charge in [-0.1, -0.05) is 39.8 Å². The standard InChI is InChI=1S/C25H37N5O4S/c1-6-35(33,34)17-23(31)29-15-13-28(14-16-29)20-9-7-19(8-10-20)21-11-12-22(24(26-5)27-21)30(32)18-25(2,3)4/h7-12,32H,6,13-18H2,1-5H3,(H,26,27). The lowest BCUT2D eigenvalue weighted by Crippen LogP contribution is -2.50. The molecule has 10 heteroatoms. The normalized spacial score (nSPS) is 14.7. The monoisotopic (exact) mass is 503 g/mol. The van der Waals surface area contributed by atoms with Crippen molar-refractivity contribution >= 4 is 32.9 Å². The number of anilines is 3. The van der Waals surface area contributed by atoms with Gasteiger partial charge in [-0.15, -0.1) is 0 Å². The molecule has 1 aliphatic heterocycles. The summed E-state index contributed by atoms with van der Waals surface area (Å²) in [5.41, 5.74) is 3.35. The van der Waals surface area contributed by atoms with Crippen molar-refractivity contribution in [3.05, 3.63) is 36.4 Å². The molecule has 2 N–H and O–H groups in total. The molecule has 192 valence electrons. The molecule has 35 heavy (non-hydrogen) atoms. The smallest absolute Gasteiger partial charge is 0.237 e. The summed E-state index contributed by atoms with van der Waals surface area (Å²) >= 11 is 0. The Bertz CT molecular complexity index is 1120. The van der Waals surface area contributed by atoms with Crippen molar-refractivity contribution < 1.29 is 18.4 Å². The second-order valence-electron chi connectivity index (χ2n) is 10.0. The number of hydrogen-bond acceptors (Lipinski definition) is 8. The zero-order valence-electron chi connectivity index (χ0n) is 21.3. The van der Waals surface area contributed by atoms with Crippen LogP contribution in [0.4, 0.5) is 17.2 Å². The van der Waals surface area contributed by atoms with Crippen molar-refractivity contribution in [2.24, 2.45) is 5.41 Å². The van der Waals surface area contributed by atoms with Crippen LogP contribution >= 0.6 is 0 Å². The average molecular weight is 504 g/mol. The first kappa shape index (κ1) is 26.7. The summed E-state index contributed by atoms with van der Waals surface area (Å²) in [4.78, 5) is 20.8. The number of aromatic nitrogens is 1. The fourth-order valence-electron chi connectivity index (χ4n) is 3.98. The molecule has 0 unspecified atom stereocenters. The van der Waals surface area contributed by atoms with Gasteiger partial charge in [-0.3, -0.25) is 15.1 Å². The molecular weight excluding hydrogens is 466 g/mol. The van der Waals surface area contributed by atoms with Gasteiger partial charge in [0.1, 0.15) is 11.4 Å². The van der Waals surface area contributed by atoms with Crippen molar-refractivity contribution in [2.45, 2.75) is 27.7 Å². The summed E-state index contributed by atoms with van der Waals surface area (Å²) in [6, 6.07) is 11.8. The van der Waals surface area contributed by atoms with Crippen molar-refractivity contribution in [3.8, 4) is 11.3 Å². The Hall–Kier alpha value is -2.85. The van der Waals surface area contributed by atoms with Crippen LogP contribution in [0.1, 0.15) is 27.7 Å². The Morgan fingerprint density at radius 3 is 2.26 bits per heavy atom. The van der Waals surface area contributed by atoms with E-state index in [-0.39, 0.29) is 17.1 Å². The largest absolute Gasteiger partial charge is 0.371 e. The van der Waals surface area contributed by atoms with Crippen LogP contribution in [-0.2, 0) is 14.6 Å². The van der Waals surface area contributed by atoms with Crippen LogP contribution in [0.5, 0.6) is 0 Å². The van der Waals surface area contributed by atoms with Gasteiger partial charge in [0.2, 0.25) is 5.91 Å². The lowest BCUT2D eigenvalue weighted by molar-refractivity contribution is -0.128. The topological polar surface area (TPSA) is 106 Å². The van der Waals surface area contributed by atoms with E-state index in [2.05, 4.69) is 31.0 Å². The highest BCUT2D eigenvalue weighted by Crippen LogP contribution is 2.30. The molecular formula is C25H37N5O4S. The molecule has 1 amide bonds. The predicted octanol–water partition coefficient (Wildman–Crippen LogP) is 3.12. The molecule has 1 aromatic carbocycles. The summed E-state index contributed by atoms with van der Waals surface area (Å²) in [6.45, 7) is 10.5. The number of piperazine rings is 1. The minimum absolute atomic E-state index is 0.0202. The van der Waals surface area contributed by atoms with Crippen molar-refractivity contribution in [3.63, 3.8) is 0 Å². The average Bonchev–Trinajstić information content (AvgIpc) is 2.82. The third-order valence-corrected chi connectivity index (χ3v) is 7.52. The van der Waals surface area contributed by atoms with E-state index < -0.39 is 15.6 Å². The molecule has 0 atom stereocenters. The molecule has 0 bridgehead atoms. The highest BCUT2D eigenvalue weighted by molar-refractivity contribution is 7.92. The molecule has 0 saturated carbocycles. The van der Waals surface area contributed by atoms with Crippen LogP contribution < -0.4 is 15.3 Å². The lowest BCUT2D eigenvalue weighted by Gasteiger charge is -2.36. The Kier molecular flexibility index (Phi) is 8.27. The number of sulfone groups is 1. The predicted molar refractivity (Wildman–Crippen MR) is 141 cm³/mol. The van der Waals surface area contributed by atoms with Crippen molar-refractivity contribution in [1.82, 2.24) is 9.88 Å². The van der Waals surface area contributed by atoms with Crippen LogP contribution in [0.15, 0.2) is 36.4 Å². The van der Waals surface area contributed by atoms with Gasteiger partial charge >= 0.3 is 0 Å². The number of nitrogens with zero attached hydrogens (tertiary/aromatic N) is 4. The molecule has 0 aliphatic carbocycles. The molecule has 1 saturated heterocycles. The van der Waals surface area contributed by atoms with E-state index in [0.29, 0.717) is 44.2 Å². The number of rotatable bonds is 8. The lowest BCUT2D eigenvalue weighted by atomic mass is 9.96. The van der Waals surface area contributed by atoms with E-state index in [9.17, 15) is 18.4 Å². The first-order valence-corrected chi connectivity index (χ1v) is 13.7. The number of nitrogens with one attached hydrogen (secondary N) is 1. The molecule has 2 heterocycles. The number of pyridine rings is 1. The quantitative estimate of drug-likeness (QED) is 0.530. The molecule has 0 radical (unpaired) electrons.